The average molecular weight is 813 g/mol. The molecule has 0 amide bonds. The lowest BCUT2D eigenvalue weighted by Crippen LogP contribution is -2.60. The van der Waals surface area contributed by atoms with Crippen LogP contribution in [0.1, 0.15) is 154 Å². The highest BCUT2D eigenvalue weighted by Gasteiger charge is 2.66. The summed E-state index contributed by atoms with van der Waals surface area (Å²) < 4.78 is 21.3. The van der Waals surface area contributed by atoms with Crippen molar-refractivity contribution in [2.45, 2.75) is 177 Å². The molecule has 58 heavy (non-hydrogen) atoms. The van der Waals surface area contributed by atoms with Crippen LogP contribution in [-0.4, -0.2) is 57.4 Å². The molecule has 0 aromatic rings. The smallest absolute Gasteiger partial charge is 0.317 e. The van der Waals surface area contributed by atoms with Gasteiger partial charge >= 0.3 is 29.8 Å². The van der Waals surface area contributed by atoms with E-state index in [0.29, 0.717) is 47.8 Å². The molecular weight excluding hydrogens is 737 g/mol. The molecule has 1 N–H and O–H groups in total. The zero-order valence-electron chi connectivity index (χ0n) is 37.9. The zero-order valence-corrected chi connectivity index (χ0v) is 37.9. The maximum atomic E-state index is 12.1. The van der Waals surface area contributed by atoms with Gasteiger partial charge in [-0.1, -0.05) is 55.4 Å². The number of hydrogen-bond acceptors (Lipinski definition) is 10. The van der Waals surface area contributed by atoms with Crippen LogP contribution in [0.4, 0.5) is 0 Å². The van der Waals surface area contributed by atoms with E-state index in [4.69, 9.17) is 14.2 Å². The number of esters is 5. The first-order chi connectivity index (χ1) is 26.8. The summed E-state index contributed by atoms with van der Waals surface area (Å²) in [6.07, 6.45) is 10.1. The van der Waals surface area contributed by atoms with Crippen LogP contribution < -0.4 is 0 Å². The van der Waals surface area contributed by atoms with Gasteiger partial charge in [-0.2, -0.15) is 0 Å². The average Bonchev–Trinajstić information content (AvgIpc) is 3.93. The summed E-state index contributed by atoms with van der Waals surface area (Å²) in [6.45, 7) is 26.6. The molecule has 16 unspecified atom stereocenters. The topological polar surface area (TPSA) is 143 Å². The fraction of sp³-hybridized carbons (Fsp3) is 0.896. The summed E-state index contributed by atoms with van der Waals surface area (Å²) in [5.41, 5.74) is -1.43. The van der Waals surface area contributed by atoms with Gasteiger partial charge in [-0.3, -0.25) is 24.0 Å². The van der Waals surface area contributed by atoms with Crippen molar-refractivity contribution < 1.29 is 48.0 Å². The van der Waals surface area contributed by atoms with Crippen molar-refractivity contribution in [1.82, 2.24) is 0 Å². The minimum absolute atomic E-state index is 0.0207. The summed E-state index contributed by atoms with van der Waals surface area (Å²) in [4.78, 5) is 57.1. The van der Waals surface area contributed by atoms with Gasteiger partial charge in [-0.05, 0) is 152 Å². The summed E-state index contributed by atoms with van der Waals surface area (Å²) in [5, 5.41) is 10.6. The molecule has 328 valence electrons. The SMILES string of the molecule is CC1C(=O)OC(=O)C1C.CC1C(C)C2CC1C1C(=O)OC(C)(C)C21.CC1C2CC(C(=O)OC(C)(C)C)C(C2)C1C.CCC(C)C(=O)OC12CC3CC(CC(O)(C3)C1)C2. The summed E-state index contributed by atoms with van der Waals surface area (Å²) in [7, 11) is 0. The highest BCUT2D eigenvalue weighted by Crippen LogP contribution is 2.64. The molecule has 0 radical (unpaired) electrons. The van der Waals surface area contributed by atoms with E-state index in [9.17, 15) is 29.1 Å². The summed E-state index contributed by atoms with van der Waals surface area (Å²) >= 11 is 0. The quantitative estimate of drug-likeness (QED) is 0.166. The third-order valence-corrected chi connectivity index (χ3v) is 17.1. The summed E-state index contributed by atoms with van der Waals surface area (Å²) in [6, 6.07) is 0. The molecule has 16 atom stereocenters. The summed E-state index contributed by atoms with van der Waals surface area (Å²) in [5.74, 6) is 6.38. The Morgan fingerprint density at radius 2 is 1.33 bits per heavy atom. The van der Waals surface area contributed by atoms with Gasteiger partial charge in [0.1, 0.15) is 16.8 Å². The van der Waals surface area contributed by atoms with Crippen LogP contribution in [-0.2, 0) is 42.9 Å². The van der Waals surface area contributed by atoms with Gasteiger partial charge in [0.15, 0.2) is 0 Å². The van der Waals surface area contributed by atoms with Crippen molar-refractivity contribution in [3.05, 3.63) is 0 Å². The van der Waals surface area contributed by atoms with Crippen molar-refractivity contribution >= 4 is 29.8 Å². The Bertz CT molecular complexity index is 1560. The van der Waals surface area contributed by atoms with Gasteiger partial charge in [0.2, 0.25) is 0 Å². The van der Waals surface area contributed by atoms with E-state index in [0.717, 1.165) is 62.2 Å². The highest BCUT2D eigenvalue weighted by molar-refractivity contribution is 5.95. The number of carbonyl (C=O) groups excluding carboxylic acids is 5. The molecule has 8 saturated carbocycles. The Hall–Kier alpha value is -2.49. The Kier molecular flexibility index (Phi) is 12.5. The number of hydrogen-bond donors (Lipinski definition) is 1. The van der Waals surface area contributed by atoms with E-state index in [2.05, 4.69) is 46.3 Å². The number of aliphatic hydroxyl groups is 1. The van der Waals surface area contributed by atoms with Crippen LogP contribution in [0.15, 0.2) is 0 Å². The zero-order chi connectivity index (χ0) is 43.0. The maximum absolute atomic E-state index is 12.1. The first-order valence-electron chi connectivity index (χ1n) is 23.0. The fourth-order valence-corrected chi connectivity index (χ4v) is 13.7. The largest absolute Gasteiger partial charge is 0.460 e. The molecule has 2 heterocycles. The Balaban J connectivity index is 0.000000134. The third kappa shape index (κ3) is 8.66. The van der Waals surface area contributed by atoms with E-state index >= 15 is 0 Å². The molecule has 8 aliphatic carbocycles. The lowest BCUT2D eigenvalue weighted by atomic mass is 9.52. The van der Waals surface area contributed by atoms with Crippen molar-refractivity contribution in [3.8, 4) is 0 Å². The number of ether oxygens (including phenoxy) is 4. The Morgan fingerprint density at radius 1 is 0.776 bits per heavy atom. The predicted molar refractivity (Wildman–Crippen MR) is 218 cm³/mol. The number of cyclic esters (lactones) is 3. The minimum Gasteiger partial charge on any atom is -0.460 e. The van der Waals surface area contributed by atoms with E-state index in [1.807, 2.05) is 34.6 Å². The standard InChI is InChI=1S/C15H24O3.C14H24O2.C13H20O2.C6H8O3/c1-3-10(2)13(16)18-15-7-11-4-12(8-15)6-14(17,5-11)9-15;1-8-9(2)11-6-10(8)7-12(11)13(15)16-14(3,4)5;1-6-7(2)9-5-8(6)10-11(9)13(3,4)15-12(10)14;1-3-4(2)6(8)9-5(3)7/h10-12,17H,3-9H2,1-2H3;8-12H,6-7H2,1-5H3;6-11H,5H2,1-4H3;3-4H,1-2H3. The molecule has 0 aromatic heterocycles. The van der Waals surface area contributed by atoms with Gasteiger partial charge < -0.3 is 24.1 Å². The predicted octanol–water partition coefficient (Wildman–Crippen LogP) is 8.73. The highest BCUT2D eigenvalue weighted by atomic mass is 16.6. The molecule has 2 aliphatic heterocycles. The molecule has 0 spiro atoms. The molecule has 10 aliphatic rings. The number of rotatable bonds is 4. The van der Waals surface area contributed by atoms with Gasteiger partial charge in [0, 0.05) is 12.3 Å². The Labute approximate surface area is 348 Å². The van der Waals surface area contributed by atoms with Crippen molar-refractivity contribution in [3.63, 3.8) is 0 Å². The second-order valence-corrected chi connectivity index (χ2v) is 22.5. The van der Waals surface area contributed by atoms with Gasteiger partial charge in [0.05, 0.1) is 35.2 Å². The molecular formula is C48H76O10. The lowest BCUT2D eigenvalue weighted by molar-refractivity contribution is -0.222. The van der Waals surface area contributed by atoms with E-state index in [-0.39, 0.29) is 64.3 Å². The van der Waals surface area contributed by atoms with Crippen molar-refractivity contribution in [2.75, 3.05) is 0 Å². The minimum atomic E-state index is -0.542. The van der Waals surface area contributed by atoms with Crippen LogP contribution in [0.5, 0.6) is 0 Å². The van der Waals surface area contributed by atoms with Crippen molar-refractivity contribution in [1.29, 1.82) is 0 Å². The van der Waals surface area contributed by atoms with Gasteiger partial charge in [0.25, 0.3) is 0 Å². The lowest BCUT2D eigenvalue weighted by Gasteiger charge is -2.59. The molecule has 2 saturated heterocycles. The molecule has 10 fully saturated rings. The normalized spacial score (nSPS) is 46.1. The molecule has 8 bridgehead atoms. The van der Waals surface area contributed by atoms with Crippen LogP contribution >= 0.6 is 0 Å². The van der Waals surface area contributed by atoms with Gasteiger partial charge in [-0.15, -0.1) is 0 Å². The second kappa shape index (κ2) is 16.1. The Morgan fingerprint density at radius 3 is 1.79 bits per heavy atom. The number of carbonyl (C=O) groups is 5. The molecule has 0 aromatic carbocycles. The van der Waals surface area contributed by atoms with Crippen LogP contribution in [0, 0.1) is 94.7 Å². The van der Waals surface area contributed by atoms with Crippen molar-refractivity contribution in [2.24, 2.45) is 94.7 Å². The molecule has 10 heteroatoms. The first-order valence-corrected chi connectivity index (χ1v) is 23.0. The second-order valence-electron chi connectivity index (χ2n) is 22.5. The molecule has 10 nitrogen and oxygen atoms in total. The van der Waals surface area contributed by atoms with Crippen LogP contribution in [0.2, 0.25) is 0 Å². The van der Waals surface area contributed by atoms with Crippen LogP contribution in [0.3, 0.4) is 0 Å². The van der Waals surface area contributed by atoms with Crippen LogP contribution in [0.25, 0.3) is 0 Å². The maximum Gasteiger partial charge on any atom is 0.317 e. The molecule has 10 rings (SSSR count). The third-order valence-electron chi connectivity index (χ3n) is 17.1. The first kappa shape index (κ1) is 45.0. The number of fused-ring (bicyclic) bond motifs is 7. The van der Waals surface area contributed by atoms with Gasteiger partial charge in [-0.25, -0.2) is 0 Å². The van der Waals surface area contributed by atoms with E-state index < -0.39 is 17.5 Å². The van der Waals surface area contributed by atoms with E-state index in [1.165, 1.54) is 19.3 Å². The van der Waals surface area contributed by atoms with E-state index in [1.54, 1.807) is 13.8 Å². The monoisotopic (exact) mass is 813 g/mol. The fourth-order valence-electron chi connectivity index (χ4n) is 13.7.